The van der Waals surface area contributed by atoms with Gasteiger partial charge in [0.15, 0.2) is 0 Å². The van der Waals surface area contributed by atoms with Gasteiger partial charge in [-0.15, -0.1) is 0 Å². The van der Waals surface area contributed by atoms with Crippen molar-refractivity contribution in [1.82, 2.24) is 0 Å². The minimum Gasteiger partial charge on any atom is -0.449 e. The molecule has 1 aliphatic rings. The molecule has 0 aromatic carbocycles. The third kappa shape index (κ3) is 2.52. The Balaban J connectivity index is 0. The van der Waals surface area contributed by atoms with Crippen LogP contribution in [0, 0.1) is 5.41 Å². The molecule has 0 aromatic rings. The largest absolute Gasteiger partial charge is 1.00 e. The van der Waals surface area contributed by atoms with Crippen molar-refractivity contribution in [2.45, 2.75) is 26.1 Å². The van der Waals surface area contributed by atoms with Crippen molar-refractivity contribution < 1.29 is 14.4 Å². The summed E-state index contributed by atoms with van der Waals surface area (Å²) in [4.78, 5) is 0. The predicted octanol–water partition coefficient (Wildman–Crippen LogP) is 2.37. The summed E-state index contributed by atoms with van der Waals surface area (Å²) >= 11 is 0. The maximum atomic E-state index is 11.8. The van der Waals surface area contributed by atoms with Gasteiger partial charge in [-0.25, -0.2) is 0 Å². The Morgan fingerprint density at radius 3 is 1.70 bits per heavy atom. The zero-order chi connectivity index (χ0) is 7.28. The fourth-order valence-electron chi connectivity index (χ4n) is 1.15. The zero-order valence-electron chi connectivity index (χ0n) is 7.50. The summed E-state index contributed by atoms with van der Waals surface area (Å²) in [5, 5.41) is 0. The topological polar surface area (TPSA) is 0 Å². The second-order valence-electron chi connectivity index (χ2n) is 3.42. The van der Waals surface area contributed by atoms with E-state index in [1.54, 1.807) is 13.8 Å². The fourth-order valence-corrected chi connectivity index (χ4v) is 1.15. The Kier molecular flexibility index (Phi) is 3.55. The van der Waals surface area contributed by atoms with Crippen LogP contribution in [0.25, 0.3) is 0 Å². The molecule has 1 saturated carbocycles. The van der Waals surface area contributed by atoms with E-state index in [0.29, 0.717) is 6.42 Å². The van der Waals surface area contributed by atoms with Crippen molar-refractivity contribution in [2.75, 3.05) is 0 Å². The van der Waals surface area contributed by atoms with Gasteiger partial charge >= 0.3 is 8.40 Å². The molecule has 1 fully saturated rings. The Bertz CT molecular complexity index is 136. The van der Waals surface area contributed by atoms with Crippen LogP contribution in [0.4, 0.5) is 12.9 Å². The summed E-state index contributed by atoms with van der Waals surface area (Å²) in [6, 6.07) is 0. The van der Waals surface area contributed by atoms with Crippen LogP contribution in [0.5, 0.6) is 0 Å². The Morgan fingerprint density at radius 2 is 1.70 bits per heavy atom. The van der Waals surface area contributed by atoms with Crippen LogP contribution in [0.15, 0.2) is 0 Å². The summed E-state index contributed by atoms with van der Waals surface area (Å²) in [7, 11) is 0. The number of hydrogen-bond donors (Lipinski definition) is 0. The minimum atomic E-state index is -4.54. The van der Waals surface area contributed by atoms with Crippen molar-refractivity contribution in [2.24, 2.45) is 5.41 Å². The van der Waals surface area contributed by atoms with Crippen molar-refractivity contribution in [3.63, 3.8) is 0 Å². The van der Waals surface area contributed by atoms with Gasteiger partial charge in [0.1, 0.15) is 0 Å². The first-order valence-electron chi connectivity index (χ1n) is 3.04. The molecule has 0 nitrogen and oxygen atoms in total. The molecule has 55 valence electrons. The summed E-state index contributed by atoms with van der Waals surface area (Å²) in [5.74, 6) is -0.975. The number of halogens is 3. The van der Waals surface area contributed by atoms with Gasteiger partial charge in [0, 0.05) is 51.4 Å². The molecule has 0 amide bonds. The smallest absolute Gasteiger partial charge is 0.449 e. The SMILES string of the molecule is CC1(C)CC1[B-](F)(F)F.[H+].[K]. The molecule has 0 N–H and O–H groups in total. The molecule has 1 rings (SSSR count). The normalized spacial score (nSPS) is 29.1. The van der Waals surface area contributed by atoms with E-state index in [9.17, 15) is 12.9 Å². The van der Waals surface area contributed by atoms with E-state index in [1.807, 2.05) is 0 Å². The number of rotatable bonds is 1. The van der Waals surface area contributed by atoms with E-state index in [2.05, 4.69) is 0 Å². The van der Waals surface area contributed by atoms with Crippen molar-refractivity contribution in [1.29, 1.82) is 0 Å². The van der Waals surface area contributed by atoms with E-state index in [4.69, 9.17) is 0 Å². The second-order valence-corrected chi connectivity index (χ2v) is 3.42. The predicted molar refractivity (Wildman–Crippen MR) is 38.1 cm³/mol. The summed E-state index contributed by atoms with van der Waals surface area (Å²) in [5.41, 5.74) is -0.446. The molecule has 0 aromatic heterocycles. The van der Waals surface area contributed by atoms with Crippen molar-refractivity contribution in [3.05, 3.63) is 0 Å². The van der Waals surface area contributed by atoms with E-state index < -0.39 is 18.2 Å². The van der Waals surface area contributed by atoms with Gasteiger partial charge in [-0.1, -0.05) is 31.5 Å². The van der Waals surface area contributed by atoms with Gasteiger partial charge in [-0.05, 0) is 0 Å². The molecule has 0 aliphatic heterocycles. The Morgan fingerprint density at radius 1 is 1.40 bits per heavy atom. The summed E-state index contributed by atoms with van der Waals surface area (Å²) in [6.45, 7) is -1.22. The molecular formula is C5H10BF3K. The van der Waals surface area contributed by atoms with Gasteiger partial charge in [0.2, 0.25) is 0 Å². The van der Waals surface area contributed by atoms with Gasteiger partial charge in [0.25, 0.3) is 0 Å². The van der Waals surface area contributed by atoms with Gasteiger partial charge in [-0.3, -0.25) is 0 Å². The Hall–Kier alpha value is 1.49. The van der Waals surface area contributed by atoms with E-state index in [-0.39, 0.29) is 52.8 Å². The Labute approximate surface area is 103 Å². The molecule has 0 spiro atoms. The quantitative estimate of drug-likeness (QED) is 0.539. The summed E-state index contributed by atoms with van der Waals surface area (Å²) < 4.78 is 35.4. The van der Waals surface area contributed by atoms with Gasteiger partial charge < -0.3 is 12.9 Å². The van der Waals surface area contributed by atoms with Crippen LogP contribution in [-0.4, -0.2) is 58.4 Å². The first-order chi connectivity index (χ1) is 3.84. The molecule has 0 saturated heterocycles. The molecule has 1 radical (unpaired) electrons. The average Bonchev–Trinajstić information content (AvgIpc) is 2.10. The third-order valence-corrected chi connectivity index (χ3v) is 2.05. The minimum absolute atomic E-state index is 0. The van der Waals surface area contributed by atoms with Crippen LogP contribution >= 0.6 is 0 Å². The molecule has 0 bridgehead atoms. The monoisotopic (exact) mass is 177 g/mol. The van der Waals surface area contributed by atoms with Gasteiger partial charge in [-0.2, -0.15) is 0 Å². The zero-order valence-corrected chi connectivity index (χ0v) is 9.62. The summed E-state index contributed by atoms with van der Waals surface area (Å²) in [6.07, 6.45) is 0.330. The van der Waals surface area contributed by atoms with E-state index >= 15 is 0 Å². The number of hydrogen-bond acceptors (Lipinski definition) is 0. The standard InChI is InChI=1S/C5H9BF3.K/c1-5(2)3-4(5)6(7,8)9;/h4H,3H2,1-2H3;/q-1;/p+1. The fraction of sp³-hybridized carbons (Fsp3) is 1.00. The molecule has 1 atom stereocenters. The molecule has 1 aliphatic carbocycles. The van der Waals surface area contributed by atoms with Crippen LogP contribution in [0.3, 0.4) is 0 Å². The molecule has 0 heterocycles. The third-order valence-electron chi connectivity index (χ3n) is 2.05. The van der Waals surface area contributed by atoms with Crippen LogP contribution in [-0.2, 0) is 0 Å². The molecular weight excluding hydrogens is 167 g/mol. The maximum Gasteiger partial charge on any atom is 1.00 e. The molecule has 1 unspecified atom stereocenters. The van der Waals surface area contributed by atoms with Crippen molar-refractivity contribution >= 4 is 58.4 Å². The first kappa shape index (κ1) is 11.5. The first-order valence-corrected chi connectivity index (χ1v) is 3.04. The van der Waals surface area contributed by atoms with Gasteiger partial charge in [0.05, 0.1) is 0 Å². The van der Waals surface area contributed by atoms with Crippen molar-refractivity contribution in [3.8, 4) is 0 Å². The van der Waals surface area contributed by atoms with Crippen LogP contribution in [0.2, 0.25) is 5.82 Å². The average molecular weight is 177 g/mol. The van der Waals surface area contributed by atoms with E-state index in [0.717, 1.165) is 0 Å². The van der Waals surface area contributed by atoms with Crippen LogP contribution < -0.4 is 0 Å². The molecule has 10 heavy (non-hydrogen) atoms. The maximum absolute atomic E-state index is 11.8. The molecule has 5 heteroatoms. The second kappa shape index (κ2) is 3.09. The van der Waals surface area contributed by atoms with E-state index in [1.165, 1.54) is 0 Å². The van der Waals surface area contributed by atoms with Crippen LogP contribution in [0.1, 0.15) is 21.7 Å².